The molecular formula is C24H27BrOSi. The van der Waals surface area contributed by atoms with Gasteiger partial charge in [-0.15, -0.1) is 0 Å². The van der Waals surface area contributed by atoms with Gasteiger partial charge in [0.15, 0.2) is 0 Å². The van der Waals surface area contributed by atoms with Crippen LogP contribution in [0.2, 0.25) is 5.04 Å². The third-order valence-corrected chi connectivity index (χ3v) is 11.6. The van der Waals surface area contributed by atoms with E-state index in [2.05, 4.69) is 108 Å². The summed E-state index contributed by atoms with van der Waals surface area (Å²) in [7, 11) is -2.40. The van der Waals surface area contributed by atoms with Crippen molar-refractivity contribution in [1.82, 2.24) is 0 Å². The maximum Gasteiger partial charge on any atom is 0.261 e. The smallest absolute Gasteiger partial charge is 0.261 e. The number of halogens is 1. The molecule has 0 amide bonds. The summed E-state index contributed by atoms with van der Waals surface area (Å²) in [6, 6.07) is 21.9. The summed E-state index contributed by atoms with van der Waals surface area (Å²) in [4.78, 5) is 2.94. The van der Waals surface area contributed by atoms with Crippen LogP contribution in [0.4, 0.5) is 0 Å². The first-order chi connectivity index (χ1) is 12.8. The van der Waals surface area contributed by atoms with Crippen LogP contribution in [-0.4, -0.2) is 14.9 Å². The number of hydrogen-bond acceptors (Lipinski definition) is 1. The lowest BCUT2D eigenvalue weighted by Crippen LogP contribution is -2.70. The van der Waals surface area contributed by atoms with E-state index >= 15 is 0 Å². The highest BCUT2D eigenvalue weighted by Crippen LogP contribution is 2.73. The highest BCUT2D eigenvalue weighted by Gasteiger charge is 2.68. The lowest BCUT2D eigenvalue weighted by atomic mass is 9.36. The Kier molecular flexibility index (Phi) is 4.66. The summed E-state index contributed by atoms with van der Waals surface area (Å²) in [5.74, 6) is 3.36. The molecule has 0 unspecified atom stereocenters. The molecule has 0 atom stereocenters. The van der Waals surface area contributed by atoms with Gasteiger partial charge in [-0.2, -0.15) is 0 Å². The Morgan fingerprint density at radius 1 is 0.926 bits per heavy atom. The summed E-state index contributed by atoms with van der Waals surface area (Å²) in [6.45, 7) is 7.89. The standard InChI is InChI=1S/C24H27BrOSi/c1-22(2,3)27(20-10-6-4-7-11-20,21-12-8-5-9-13-21)26-19-24-16-23(17-24,18-24)14-15-25/h4-13H,16-19H2,1-3H3. The van der Waals surface area contributed by atoms with Gasteiger partial charge in [0, 0.05) is 28.0 Å². The summed E-state index contributed by atoms with van der Waals surface area (Å²) in [6.07, 6.45) is 3.57. The van der Waals surface area contributed by atoms with E-state index in [1.165, 1.54) is 29.6 Å². The van der Waals surface area contributed by atoms with Gasteiger partial charge in [0.05, 0.1) is 0 Å². The Hall–Kier alpha value is -1.34. The lowest BCUT2D eigenvalue weighted by Gasteiger charge is -2.69. The van der Waals surface area contributed by atoms with E-state index < -0.39 is 8.32 Å². The minimum atomic E-state index is -2.40. The van der Waals surface area contributed by atoms with Crippen molar-refractivity contribution < 1.29 is 4.43 Å². The van der Waals surface area contributed by atoms with Crippen LogP contribution in [0.5, 0.6) is 0 Å². The van der Waals surface area contributed by atoms with Gasteiger partial charge in [0.1, 0.15) is 0 Å². The minimum absolute atomic E-state index is 0.0482. The second-order valence-electron chi connectivity index (χ2n) is 9.48. The van der Waals surface area contributed by atoms with E-state index in [1.807, 2.05) is 0 Å². The van der Waals surface area contributed by atoms with Crippen LogP contribution in [-0.2, 0) is 4.43 Å². The summed E-state index contributed by atoms with van der Waals surface area (Å²) in [5, 5.41) is 2.78. The van der Waals surface area contributed by atoms with Crippen molar-refractivity contribution in [3.05, 3.63) is 60.7 Å². The molecular weight excluding hydrogens is 412 g/mol. The predicted octanol–water partition coefficient (Wildman–Crippen LogP) is 5.09. The molecule has 2 bridgehead atoms. The van der Waals surface area contributed by atoms with E-state index in [9.17, 15) is 0 Å². The molecule has 0 radical (unpaired) electrons. The second-order valence-corrected chi connectivity index (χ2v) is 14.2. The van der Waals surface area contributed by atoms with Gasteiger partial charge in [-0.1, -0.05) is 87.4 Å². The van der Waals surface area contributed by atoms with Gasteiger partial charge in [0.2, 0.25) is 0 Å². The number of rotatable bonds is 5. The van der Waals surface area contributed by atoms with E-state index in [-0.39, 0.29) is 10.5 Å². The fourth-order valence-corrected chi connectivity index (χ4v) is 10.5. The molecule has 27 heavy (non-hydrogen) atoms. The molecule has 3 aliphatic carbocycles. The molecule has 0 aromatic heterocycles. The van der Waals surface area contributed by atoms with Crippen molar-refractivity contribution >= 4 is 34.6 Å². The first kappa shape index (κ1) is 19.0. The Balaban J connectivity index is 1.69. The Morgan fingerprint density at radius 3 is 1.81 bits per heavy atom. The zero-order valence-electron chi connectivity index (χ0n) is 16.4. The first-order valence-corrected chi connectivity index (χ1v) is 12.4. The third-order valence-electron chi connectivity index (χ3n) is 6.46. The number of hydrogen-bond donors (Lipinski definition) is 0. The monoisotopic (exact) mass is 438 g/mol. The normalized spacial score (nSPS) is 26.4. The van der Waals surface area contributed by atoms with E-state index in [4.69, 9.17) is 4.43 Å². The quantitative estimate of drug-likeness (QED) is 0.466. The molecule has 3 heteroatoms. The highest BCUT2D eigenvalue weighted by atomic mass is 79.9. The Labute approximate surface area is 172 Å². The average Bonchev–Trinajstić information content (AvgIpc) is 2.59. The van der Waals surface area contributed by atoms with Crippen LogP contribution in [0.1, 0.15) is 40.0 Å². The van der Waals surface area contributed by atoms with Gasteiger partial charge >= 0.3 is 0 Å². The van der Waals surface area contributed by atoms with Crippen molar-refractivity contribution in [2.24, 2.45) is 10.8 Å². The zero-order chi connectivity index (χ0) is 19.2. The predicted molar refractivity (Wildman–Crippen MR) is 119 cm³/mol. The van der Waals surface area contributed by atoms with Gasteiger partial charge in [0.25, 0.3) is 8.32 Å². The molecule has 1 nitrogen and oxygen atoms in total. The Morgan fingerprint density at radius 2 is 1.41 bits per heavy atom. The van der Waals surface area contributed by atoms with Crippen molar-refractivity contribution in [2.75, 3.05) is 6.61 Å². The van der Waals surface area contributed by atoms with Crippen molar-refractivity contribution in [3.63, 3.8) is 0 Å². The van der Waals surface area contributed by atoms with Crippen LogP contribution in [0, 0.1) is 21.6 Å². The second kappa shape index (κ2) is 6.62. The minimum Gasteiger partial charge on any atom is -0.407 e. The number of benzene rings is 2. The maximum atomic E-state index is 7.11. The zero-order valence-corrected chi connectivity index (χ0v) is 19.0. The molecule has 0 saturated heterocycles. The largest absolute Gasteiger partial charge is 0.407 e. The van der Waals surface area contributed by atoms with Gasteiger partial charge < -0.3 is 4.43 Å². The summed E-state index contributed by atoms with van der Waals surface area (Å²) < 4.78 is 7.11. The summed E-state index contributed by atoms with van der Waals surface area (Å²) >= 11 is 3.27. The van der Waals surface area contributed by atoms with E-state index in [0.717, 1.165) is 6.61 Å². The molecule has 2 aromatic carbocycles. The summed E-state index contributed by atoms with van der Waals surface area (Å²) in [5.41, 5.74) is 0.627. The van der Waals surface area contributed by atoms with E-state index in [0.29, 0.717) is 5.41 Å². The fraction of sp³-hybridized carbons (Fsp3) is 0.417. The molecule has 3 aliphatic rings. The first-order valence-electron chi connectivity index (χ1n) is 9.73. The van der Waals surface area contributed by atoms with Crippen LogP contribution >= 0.6 is 15.9 Å². The molecule has 2 aromatic rings. The van der Waals surface area contributed by atoms with Crippen LogP contribution in [0.25, 0.3) is 0 Å². The van der Waals surface area contributed by atoms with Crippen molar-refractivity contribution in [2.45, 2.75) is 45.1 Å². The molecule has 5 rings (SSSR count). The van der Waals surface area contributed by atoms with Crippen LogP contribution in [0.3, 0.4) is 0 Å². The van der Waals surface area contributed by atoms with Gasteiger partial charge in [-0.05, 0) is 44.9 Å². The highest BCUT2D eigenvalue weighted by molar-refractivity contribution is 9.12. The SMILES string of the molecule is CC(C)(C)[Si](OCC12CC(C#CBr)(C1)C2)(c1ccccc1)c1ccccc1. The van der Waals surface area contributed by atoms with E-state index in [1.54, 1.807) is 0 Å². The molecule has 140 valence electrons. The average molecular weight is 439 g/mol. The lowest BCUT2D eigenvalue weighted by molar-refractivity contribution is -0.182. The molecule has 3 fully saturated rings. The Bertz CT molecular complexity index is 814. The topological polar surface area (TPSA) is 9.23 Å². The van der Waals surface area contributed by atoms with Gasteiger partial charge in [-0.3, -0.25) is 0 Å². The molecule has 0 aliphatic heterocycles. The molecule has 0 spiro atoms. The molecule has 0 heterocycles. The fourth-order valence-electron chi connectivity index (χ4n) is 5.41. The van der Waals surface area contributed by atoms with Crippen molar-refractivity contribution in [1.29, 1.82) is 0 Å². The van der Waals surface area contributed by atoms with Crippen LogP contribution in [0.15, 0.2) is 60.7 Å². The maximum absolute atomic E-state index is 7.11. The van der Waals surface area contributed by atoms with Crippen LogP contribution < -0.4 is 10.4 Å². The third kappa shape index (κ3) is 3.03. The molecule has 3 saturated carbocycles. The molecule has 0 N–H and O–H groups in total. The van der Waals surface area contributed by atoms with Gasteiger partial charge in [-0.25, -0.2) is 0 Å². The van der Waals surface area contributed by atoms with Crippen molar-refractivity contribution in [3.8, 4) is 10.8 Å².